The van der Waals surface area contributed by atoms with Crippen LogP contribution in [-0.2, 0) is 19.0 Å². The van der Waals surface area contributed by atoms with Crippen molar-refractivity contribution in [3.63, 3.8) is 0 Å². The molecule has 1 aliphatic carbocycles. The number of aliphatic hydroxyl groups is 1. The summed E-state index contributed by atoms with van der Waals surface area (Å²) in [4.78, 5) is 5.21. The lowest BCUT2D eigenvalue weighted by Gasteiger charge is -2.16. The molecule has 5 nitrogen and oxygen atoms in total. The topological polar surface area (TPSA) is 82.9 Å². The minimum atomic E-state index is -4.67. The van der Waals surface area contributed by atoms with E-state index >= 15 is 0 Å². The van der Waals surface area contributed by atoms with Gasteiger partial charge in [-0.25, -0.2) is 4.98 Å². The van der Waals surface area contributed by atoms with Gasteiger partial charge < -0.3 is 9.63 Å². The van der Waals surface area contributed by atoms with Gasteiger partial charge in [-0.2, -0.15) is 18.4 Å². The monoisotopic (exact) mass is 453 g/mol. The molecule has 2 heterocycles. The Morgan fingerprint density at radius 3 is 2.62 bits per heavy atom. The molecule has 0 bridgehead atoms. The molecule has 4 aromatic rings. The fourth-order valence-electron chi connectivity index (χ4n) is 3.86. The van der Waals surface area contributed by atoms with Crippen LogP contribution in [0.5, 0.6) is 0 Å². The van der Waals surface area contributed by atoms with Gasteiger partial charge in [0.25, 0.3) is 0 Å². The second-order valence-corrected chi connectivity index (χ2v) is 8.34. The molecule has 2 aromatic carbocycles. The van der Waals surface area contributed by atoms with Gasteiger partial charge in [-0.05, 0) is 29.5 Å². The van der Waals surface area contributed by atoms with Crippen LogP contribution in [0.4, 0.5) is 13.2 Å². The van der Waals surface area contributed by atoms with Crippen LogP contribution in [0.2, 0.25) is 0 Å². The zero-order valence-electron chi connectivity index (χ0n) is 16.3. The molecule has 1 N–H and O–H groups in total. The summed E-state index contributed by atoms with van der Waals surface area (Å²) in [6.45, 7) is 0. The highest BCUT2D eigenvalue weighted by molar-refractivity contribution is 7.18. The Balaban J connectivity index is 1.62. The first kappa shape index (κ1) is 20.4. The zero-order chi connectivity index (χ0) is 22.5. The predicted molar refractivity (Wildman–Crippen MR) is 111 cm³/mol. The molecule has 5 rings (SSSR count). The molecule has 2 aromatic heterocycles. The maximum absolute atomic E-state index is 14.0. The largest absolute Gasteiger partial charge is 0.422 e. The number of halogens is 3. The van der Waals surface area contributed by atoms with Gasteiger partial charge in [-0.15, -0.1) is 11.3 Å². The lowest BCUT2D eigenvalue weighted by Crippen LogP contribution is -2.07. The number of rotatable bonds is 3. The van der Waals surface area contributed by atoms with Crippen LogP contribution < -0.4 is 0 Å². The van der Waals surface area contributed by atoms with Gasteiger partial charge in [-0.1, -0.05) is 53.7 Å². The minimum Gasteiger partial charge on any atom is -0.374 e. The van der Waals surface area contributed by atoms with E-state index < -0.39 is 23.6 Å². The molecule has 0 saturated carbocycles. The molecule has 160 valence electrons. The Bertz CT molecular complexity index is 1350. The van der Waals surface area contributed by atoms with Gasteiger partial charge in [0.1, 0.15) is 11.3 Å². The van der Waals surface area contributed by atoms with E-state index in [1.165, 1.54) is 0 Å². The summed E-state index contributed by atoms with van der Waals surface area (Å²) in [5.41, 5.74) is 2.03. The van der Waals surface area contributed by atoms with Crippen molar-refractivity contribution in [2.75, 3.05) is 0 Å². The number of aromatic nitrogens is 2. The maximum Gasteiger partial charge on any atom is 0.422 e. The van der Waals surface area contributed by atoms with Crippen molar-refractivity contribution in [2.45, 2.75) is 25.1 Å². The first-order valence-corrected chi connectivity index (χ1v) is 10.5. The highest BCUT2D eigenvalue weighted by Gasteiger charge is 2.42. The smallest absolute Gasteiger partial charge is 0.374 e. The number of nitrogens with zero attached hydrogens (tertiary/aromatic N) is 3. The summed E-state index contributed by atoms with van der Waals surface area (Å²) in [6, 6.07) is 15.0. The first-order chi connectivity index (χ1) is 15.4. The van der Waals surface area contributed by atoms with E-state index in [0.29, 0.717) is 29.7 Å². The third-order valence-electron chi connectivity index (χ3n) is 5.36. The quantitative estimate of drug-likeness (QED) is 0.396. The summed E-state index contributed by atoms with van der Waals surface area (Å²) < 4.78 is 47.3. The highest BCUT2D eigenvalue weighted by atomic mass is 32.1. The second-order valence-electron chi connectivity index (χ2n) is 7.34. The van der Waals surface area contributed by atoms with Crippen molar-refractivity contribution in [1.82, 2.24) is 10.1 Å². The molecule has 0 spiro atoms. The summed E-state index contributed by atoms with van der Waals surface area (Å²) in [6.07, 6.45) is -4.76. The Morgan fingerprint density at radius 1 is 1.12 bits per heavy atom. The molecule has 1 aliphatic rings. The van der Waals surface area contributed by atoms with Crippen LogP contribution in [0.3, 0.4) is 0 Å². The number of nitriles is 1. The summed E-state index contributed by atoms with van der Waals surface area (Å²) in [5, 5.41) is 22.6. The van der Waals surface area contributed by atoms with Gasteiger partial charge in [0, 0.05) is 5.56 Å². The Hall–Kier alpha value is -3.48. The third-order valence-corrected chi connectivity index (χ3v) is 6.49. The number of hydrogen-bond acceptors (Lipinski definition) is 6. The zero-order valence-corrected chi connectivity index (χ0v) is 17.2. The number of alkyl halides is 3. The van der Waals surface area contributed by atoms with Crippen LogP contribution in [0.15, 0.2) is 53.1 Å². The Kier molecular flexibility index (Phi) is 4.84. The number of benzene rings is 2. The van der Waals surface area contributed by atoms with Crippen molar-refractivity contribution in [3.05, 3.63) is 70.9 Å². The Labute approximate surface area is 184 Å². The van der Waals surface area contributed by atoms with Crippen LogP contribution in [-0.4, -0.2) is 15.2 Å². The molecule has 9 heteroatoms. The van der Waals surface area contributed by atoms with Gasteiger partial charge in [-0.3, -0.25) is 0 Å². The molecule has 0 fully saturated rings. The van der Waals surface area contributed by atoms with E-state index in [1.807, 2.05) is 0 Å². The number of aryl methyl sites for hydroxylation is 2. The van der Waals surface area contributed by atoms with E-state index in [9.17, 15) is 18.3 Å². The molecule has 32 heavy (non-hydrogen) atoms. The number of hydrogen-bond donors (Lipinski definition) is 1. The van der Waals surface area contributed by atoms with E-state index in [1.54, 1.807) is 54.6 Å². The van der Waals surface area contributed by atoms with Crippen molar-refractivity contribution in [1.29, 1.82) is 5.26 Å². The Morgan fingerprint density at radius 2 is 1.91 bits per heavy atom. The number of aliphatic hydroxyl groups excluding tert-OH is 1. The molecule has 1 atom stereocenters. The molecule has 0 saturated heterocycles. The molecule has 0 aliphatic heterocycles. The van der Waals surface area contributed by atoms with Gasteiger partial charge in [0.2, 0.25) is 5.76 Å². The van der Waals surface area contributed by atoms with Crippen LogP contribution >= 0.6 is 11.3 Å². The predicted octanol–water partition coefficient (Wildman–Crippen LogP) is 5.81. The third kappa shape index (κ3) is 3.38. The standard InChI is InChI=1S/C23H14F3N3O2S/c24-23(25,26)18-19(12-4-2-1-3-5-12)29-31-20(18)22-28-16-9-7-13-10-14(17(30)11-27)6-8-15(13)21(16)32-22/h1-6,8,10,17,30H,7,9H2. The molecule has 0 amide bonds. The normalized spacial score (nSPS) is 13.8. The van der Waals surface area contributed by atoms with E-state index in [-0.39, 0.29) is 10.7 Å². The molecule has 1 unspecified atom stereocenters. The van der Waals surface area contributed by atoms with Gasteiger partial charge in [0.05, 0.1) is 16.6 Å². The fraction of sp³-hybridized carbons (Fsp3) is 0.174. The lowest BCUT2D eigenvalue weighted by atomic mass is 9.91. The number of thiazole rings is 1. The fourth-order valence-corrected chi connectivity index (χ4v) is 5.02. The van der Waals surface area contributed by atoms with Crippen LogP contribution in [0, 0.1) is 11.3 Å². The maximum atomic E-state index is 14.0. The summed E-state index contributed by atoms with van der Waals surface area (Å²) in [5.74, 6) is -0.395. The number of fused-ring (bicyclic) bond motifs is 3. The second kappa shape index (κ2) is 7.58. The van der Waals surface area contributed by atoms with Crippen LogP contribution in [0.25, 0.3) is 32.5 Å². The average Bonchev–Trinajstić information content (AvgIpc) is 3.43. The van der Waals surface area contributed by atoms with Crippen molar-refractivity contribution < 1.29 is 22.8 Å². The highest BCUT2D eigenvalue weighted by Crippen LogP contribution is 2.47. The summed E-state index contributed by atoms with van der Waals surface area (Å²) in [7, 11) is 0. The summed E-state index contributed by atoms with van der Waals surface area (Å²) >= 11 is 1.12. The van der Waals surface area contributed by atoms with Crippen molar-refractivity contribution in [3.8, 4) is 38.5 Å². The van der Waals surface area contributed by atoms with E-state index in [4.69, 9.17) is 9.78 Å². The molecule has 0 radical (unpaired) electrons. The van der Waals surface area contributed by atoms with Gasteiger partial charge >= 0.3 is 6.18 Å². The van der Waals surface area contributed by atoms with Crippen molar-refractivity contribution in [2.24, 2.45) is 0 Å². The SMILES string of the molecule is N#CC(O)c1ccc2c(c1)CCc1nc(-c3onc(-c4ccccc4)c3C(F)(F)F)sc1-2. The first-order valence-electron chi connectivity index (χ1n) is 9.70. The lowest BCUT2D eigenvalue weighted by molar-refractivity contribution is -0.136. The van der Waals surface area contributed by atoms with E-state index in [0.717, 1.165) is 27.3 Å². The minimum absolute atomic E-state index is 0.117. The van der Waals surface area contributed by atoms with Crippen molar-refractivity contribution >= 4 is 11.3 Å². The molecular formula is C23H14F3N3O2S. The van der Waals surface area contributed by atoms with E-state index in [2.05, 4.69) is 10.1 Å². The van der Waals surface area contributed by atoms with Gasteiger partial charge in [0.15, 0.2) is 11.1 Å². The van der Waals surface area contributed by atoms with Crippen LogP contribution in [0.1, 0.15) is 28.5 Å². The molecular weight excluding hydrogens is 439 g/mol. The average molecular weight is 453 g/mol.